The number of aliphatic hydroxyl groups is 1. The summed E-state index contributed by atoms with van der Waals surface area (Å²) in [4.78, 5) is 21.3. The van der Waals surface area contributed by atoms with Gasteiger partial charge in [-0.1, -0.05) is 11.6 Å². The van der Waals surface area contributed by atoms with Gasteiger partial charge in [0.05, 0.1) is 11.1 Å². The van der Waals surface area contributed by atoms with Gasteiger partial charge in [0.25, 0.3) is 11.6 Å². The van der Waals surface area contributed by atoms with Crippen LogP contribution in [0.25, 0.3) is 0 Å². The quantitative estimate of drug-likeness (QED) is 0.496. The predicted octanol–water partition coefficient (Wildman–Crippen LogP) is 1.47. The summed E-state index contributed by atoms with van der Waals surface area (Å²) in [7, 11) is 0. The number of benzene rings is 1. The van der Waals surface area contributed by atoms with Gasteiger partial charge in [0.2, 0.25) is 0 Å². The van der Waals surface area contributed by atoms with Crippen LogP contribution in [-0.2, 0) is 4.79 Å². The normalized spacial score (nSPS) is 11.6. The molecule has 0 aromatic heterocycles. The van der Waals surface area contributed by atoms with Crippen LogP contribution in [0.4, 0.5) is 5.69 Å². The van der Waals surface area contributed by atoms with Gasteiger partial charge in [-0.15, -0.1) is 0 Å². The number of carbonyl (C=O) groups is 1. The Labute approximate surface area is 114 Å². The Hall–Kier alpha value is -1.99. The molecule has 1 aromatic rings. The summed E-state index contributed by atoms with van der Waals surface area (Å²) < 4.78 is 0. The van der Waals surface area contributed by atoms with Crippen LogP contribution < -0.4 is 5.43 Å². The lowest BCUT2D eigenvalue weighted by molar-refractivity contribution is -0.384. The number of nitrogens with one attached hydrogen (secondary N) is 1. The highest BCUT2D eigenvalue weighted by Gasteiger charge is 2.22. The minimum Gasteiger partial charge on any atom is -0.381 e. The van der Waals surface area contributed by atoms with Gasteiger partial charge in [-0.2, -0.15) is 5.10 Å². The lowest BCUT2D eigenvalue weighted by atomic mass is 10.1. The van der Waals surface area contributed by atoms with Crippen molar-refractivity contribution in [2.75, 3.05) is 0 Å². The smallest absolute Gasteiger partial charge is 0.271 e. The first-order valence-electron chi connectivity index (χ1n) is 5.21. The van der Waals surface area contributed by atoms with Crippen LogP contribution in [0.15, 0.2) is 23.3 Å². The van der Waals surface area contributed by atoms with E-state index in [0.717, 1.165) is 0 Å². The molecule has 0 unspecified atom stereocenters. The maximum atomic E-state index is 11.3. The van der Waals surface area contributed by atoms with Gasteiger partial charge >= 0.3 is 0 Å². The molecule has 0 saturated carbocycles. The van der Waals surface area contributed by atoms with Crippen molar-refractivity contribution in [3.63, 3.8) is 0 Å². The monoisotopic (exact) mass is 285 g/mol. The molecule has 7 nitrogen and oxygen atoms in total. The highest BCUT2D eigenvalue weighted by molar-refractivity contribution is 6.33. The van der Waals surface area contributed by atoms with E-state index in [1.165, 1.54) is 38.3 Å². The Balaban J connectivity index is 2.85. The summed E-state index contributed by atoms with van der Waals surface area (Å²) in [5.74, 6) is -0.703. The van der Waals surface area contributed by atoms with E-state index in [1.54, 1.807) is 0 Å². The number of nitrogens with zero attached hydrogens (tertiary/aromatic N) is 2. The predicted molar refractivity (Wildman–Crippen MR) is 70.1 cm³/mol. The van der Waals surface area contributed by atoms with E-state index >= 15 is 0 Å². The number of amides is 1. The molecule has 102 valence electrons. The molecular weight excluding hydrogens is 274 g/mol. The fourth-order valence-corrected chi connectivity index (χ4v) is 1.21. The lowest BCUT2D eigenvalue weighted by Gasteiger charge is -2.13. The van der Waals surface area contributed by atoms with E-state index in [-0.39, 0.29) is 16.3 Å². The molecule has 0 fully saturated rings. The van der Waals surface area contributed by atoms with Crippen LogP contribution in [0.1, 0.15) is 19.4 Å². The van der Waals surface area contributed by atoms with Crippen molar-refractivity contribution in [1.82, 2.24) is 5.43 Å². The maximum Gasteiger partial charge on any atom is 0.271 e. The topological polar surface area (TPSA) is 105 Å². The minimum absolute atomic E-state index is 0.139. The lowest BCUT2D eigenvalue weighted by Crippen LogP contribution is -2.39. The third-order valence-corrected chi connectivity index (χ3v) is 2.46. The Morgan fingerprint density at radius 2 is 2.21 bits per heavy atom. The van der Waals surface area contributed by atoms with Crippen molar-refractivity contribution in [1.29, 1.82) is 0 Å². The number of rotatable bonds is 4. The minimum atomic E-state index is -1.57. The van der Waals surface area contributed by atoms with Crippen molar-refractivity contribution < 1.29 is 14.8 Å². The second kappa shape index (κ2) is 5.77. The SMILES string of the molecule is CC(C)(O)C(=O)NN=Cc1cc([N+](=O)[O-])ccc1Cl. The van der Waals surface area contributed by atoms with Crippen LogP contribution in [0.3, 0.4) is 0 Å². The van der Waals surface area contributed by atoms with Crippen molar-refractivity contribution in [3.8, 4) is 0 Å². The van der Waals surface area contributed by atoms with Gasteiger partial charge in [0.15, 0.2) is 0 Å². The van der Waals surface area contributed by atoms with Crippen LogP contribution >= 0.6 is 11.6 Å². The summed E-state index contributed by atoms with van der Waals surface area (Å²) >= 11 is 5.83. The summed E-state index contributed by atoms with van der Waals surface area (Å²) in [5, 5.41) is 23.8. The van der Waals surface area contributed by atoms with Gasteiger partial charge in [0.1, 0.15) is 5.60 Å². The molecule has 0 spiro atoms. The van der Waals surface area contributed by atoms with Crippen LogP contribution in [-0.4, -0.2) is 27.8 Å². The Morgan fingerprint density at radius 1 is 1.58 bits per heavy atom. The first kappa shape index (κ1) is 15.1. The number of hydrazone groups is 1. The van der Waals surface area contributed by atoms with E-state index in [4.69, 9.17) is 11.6 Å². The number of hydrogen-bond donors (Lipinski definition) is 2. The molecular formula is C11H12ClN3O4. The Kier molecular flexibility index (Phi) is 4.57. The largest absolute Gasteiger partial charge is 0.381 e. The molecule has 0 aliphatic carbocycles. The number of hydrogen-bond acceptors (Lipinski definition) is 5. The van der Waals surface area contributed by atoms with Crippen LogP contribution in [0, 0.1) is 10.1 Å². The summed E-state index contributed by atoms with van der Waals surface area (Å²) in [6, 6.07) is 3.84. The first-order chi connectivity index (χ1) is 8.71. The summed E-state index contributed by atoms with van der Waals surface area (Å²) in [6.45, 7) is 2.61. The number of carbonyl (C=O) groups excluding carboxylic acids is 1. The molecule has 19 heavy (non-hydrogen) atoms. The maximum absolute atomic E-state index is 11.3. The van der Waals surface area contributed by atoms with Gasteiger partial charge in [-0.05, 0) is 19.9 Å². The standard InChI is InChI=1S/C11H12ClN3O4/c1-11(2,17)10(16)14-13-6-7-5-8(15(18)19)3-4-9(7)12/h3-6,17H,1-2H3,(H,14,16). The molecule has 2 N–H and O–H groups in total. The second-order valence-corrected chi connectivity index (χ2v) is 4.63. The zero-order valence-corrected chi connectivity index (χ0v) is 11.0. The first-order valence-corrected chi connectivity index (χ1v) is 5.59. The van der Waals surface area contributed by atoms with Gasteiger partial charge < -0.3 is 5.11 Å². The molecule has 0 atom stereocenters. The summed E-state index contributed by atoms with van der Waals surface area (Å²) in [5.41, 5.74) is 0.678. The number of nitro groups is 1. The second-order valence-electron chi connectivity index (χ2n) is 4.22. The highest BCUT2D eigenvalue weighted by atomic mass is 35.5. The Morgan fingerprint density at radius 3 is 2.74 bits per heavy atom. The molecule has 0 aliphatic heterocycles. The average molecular weight is 286 g/mol. The number of nitro benzene ring substituents is 1. The summed E-state index contributed by atoms with van der Waals surface area (Å²) in [6.07, 6.45) is 1.17. The van der Waals surface area contributed by atoms with Gasteiger partial charge in [-0.3, -0.25) is 14.9 Å². The molecule has 0 bridgehead atoms. The van der Waals surface area contributed by atoms with Gasteiger partial charge in [-0.25, -0.2) is 5.43 Å². The zero-order chi connectivity index (χ0) is 14.6. The fraction of sp³-hybridized carbons (Fsp3) is 0.273. The zero-order valence-electron chi connectivity index (χ0n) is 10.3. The molecule has 1 amide bonds. The van der Waals surface area contributed by atoms with Crippen molar-refractivity contribution in [2.45, 2.75) is 19.4 Å². The Bertz CT molecular complexity index is 537. The number of halogens is 1. The van der Waals surface area contributed by atoms with Gasteiger partial charge in [0, 0.05) is 22.7 Å². The highest BCUT2D eigenvalue weighted by Crippen LogP contribution is 2.20. The van der Waals surface area contributed by atoms with E-state index in [9.17, 15) is 20.0 Å². The van der Waals surface area contributed by atoms with E-state index in [1.807, 2.05) is 0 Å². The van der Waals surface area contributed by atoms with Crippen molar-refractivity contribution in [3.05, 3.63) is 38.9 Å². The number of non-ortho nitro benzene ring substituents is 1. The molecule has 0 saturated heterocycles. The van der Waals surface area contributed by atoms with Crippen LogP contribution in [0.2, 0.25) is 5.02 Å². The molecule has 0 aliphatic rings. The van der Waals surface area contributed by atoms with Crippen LogP contribution in [0.5, 0.6) is 0 Å². The molecule has 8 heteroatoms. The average Bonchev–Trinajstić information content (AvgIpc) is 2.29. The fourth-order valence-electron chi connectivity index (χ4n) is 1.04. The van der Waals surface area contributed by atoms with Crippen molar-refractivity contribution >= 4 is 29.4 Å². The van der Waals surface area contributed by atoms with E-state index in [2.05, 4.69) is 10.5 Å². The molecule has 1 rings (SSSR count). The molecule has 0 heterocycles. The van der Waals surface area contributed by atoms with E-state index < -0.39 is 16.4 Å². The third kappa shape index (κ3) is 4.31. The van der Waals surface area contributed by atoms with E-state index in [0.29, 0.717) is 0 Å². The molecule has 1 aromatic carbocycles. The molecule has 0 radical (unpaired) electrons. The van der Waals surface area contributed by atoms with Crippen molar-refractivity contribution in [2.24, 2.45) is 5.10 Å². The third-order valence-electron chi connectivity index (χ3n) is 2.12.